The quantitative estimate of drug-likeness (QED) is 0.797. The first kappa shape index (κ1) is 13.0. The first-order chi connectivity index (χ1) is 8.59. The molecule has 0 unspecified atom stereocenters. The number of carbonyl (C=O) groups is 1. The summed E-state index contributed by atoms with van der Waals surface area (Å²) < 4.78 is 13.9. The lowest BCUT2D eigenvalue weighted by Crippen LogP contribution is -2.27. The topological polar surface area (TPSA) is 72.4 Å². The molecule has 1 aromatic carbocycles. The van der Waals surface area contributed by atoms with Crippen LogP contribution in [0.15, 0.2) is 12.1 Å². The predicted octanol–water partition coefficient (Wildman–Crippen LogP) is 1.45. The van der Waals surface area contributed by atoms with Crippen LogP contribution in [-0.2, 0) is 0 Å². The van der Waals surface area contributed by atoms with Crippen molar-refractivity contribution in [2.45, 2.75) is 6.42 Å². The molecule has 0 bridgehead atoms. The number of thioether (sulfide) groups is 1. The zero-order valence-electron chi connectivity index (χ0n) is 9.99. The van der Waals surface area contributed by atoms with Crippen molar-refractivity contribution in [1.82, 2.24) is 0 Å². The molecule has 1 heterocycles. The highest BCUT2D eigenvalue weighted by Gasteiger charge is 2.18. The Morgan fingerprint density at radius 2 is 2.11 bits per heavy atom. The van der Waals surface area contributed by atoms with E-state index in [9.17, 15) is 9.18 Å². The highest BCUT2D eigenvalue weighted by Crippen LogP contribution is 2.27. The van der Waals surface area contributed by atoms with Crippen molar-refractivity contribution in [1.29, 1.82) is 0 Å². The second-order valence-corrected chi connectivity index (χ2v) is 5.43. The average Bonchev–Trinajstić information content (AvgIpc) is 2.57. The number of hydrogen-bond acceptors (Lipinski definition) is 4. The first-order valence-electron chi connectivity index (χ1n) is 5.81. The smallest absolute Gasteiger partial charge is 0.250 e. The number of rotatable bonds is 2. The van der Waals surface area contributed by atoms with E-state index in [1.165, 1.54) is 12.1 Å². The average molecular weight is 269 g/mol. The maximum atomic E-state index is 13.9. The molecule has 0 aliphatic carbocycles. The third kappa shape index (κ3) is 2.69. The Morgan fingerprint density at radius 3 is 2.83 bits per heavy atom. The highest BCUT2D eigenvalue weighted by atomic mass is 32.2. The van der Waals surface area contributed by atoms with Crippen LogP contribution in [0.3, 0.4) is 0 Å². The Hall–Kier alpha value is -1.43. The Bertz CT molecular complexity index is 459. The van der Waals surface area contributed by atoms with Crippen molar-refractivity contribution in [3.05, 3.63) is 23.5 Å². The summed E-state index contributed by atoms with van der Waals surface area (Å²) in [5.41, 5.74) is 11.5. The molecule has 1 amide bonds. The van der Waals surface area contributed by atoms with E-state index in [0.29, 0.717) is 5.69 Å². The molecule has 0 spiro atoms. The SMILES string of the molecule is NC(=O)c1cc(N2CCCSCC2)c(F)cc1N. The van der Waals surface area contributed by atoms with Gasteiger partial charge in [0.15, 0.2) is 0 Å². The number of nitrogens with two attached hydrogens (primary N) is 2. The van der Waals surface area contributed by atoms with E-state index in [-0.39, 0.29) is 11.3 Å². The molecular weight excluding hydrogens is 253 g/mol. The van der Waals surface area contributed by atoms with Gasteiger partial charge in [0.1, 0.15) is 5.82 Å². The van der Waals surface area contributed by atoms with Crippen LogP contribution >= 0.6 is 11.8 Å². The van der Waals surface area contributed by atoms with Gasteiger partial charge in [0.25, 0.3) is 5.91 Å². The summed E-state index contributed by atoms with van der Waals surface area (Å²) in [4.78, 5) is 13.2. The van der Waals surface area contributed by atoms with Gasteiger partial charge in [0.2, 0.25) is 0 Å². The lowest BCUT2D eigenvalue weighted by molar-refractivity contribution is 0.100. The fourth-order valence-corrected chi connectivity index (χ4v) is 2.91. The van der Waals surface area contributed by atoms with E-state index in [1.807, 2.05) is 16.7 Å². The summed E-state index contributed by atoms with van der Waals surface area (Å²) in [7, 11) is 0. The Labute approximate surface area is 110 Å². The standard InChI is InChI=1S/C12H16FN3OS/c13-9-7-10(14)8(12(15)17)6-11(9)16-2-1-4-18-5-3-16/h6-7H,1-5,14H2,(H2,15,17). The van der Waals surface area contributed by atoms with Crippen LogP contribution < -0.4 is 16.4 Å². The van der Waals surface area contributed by atoms with E-state index in [4.69, 9.17) is 11.5 Å². The molecule has 1 aliphatic heterocycles. The highest BCUT2D eigenvalue weighted by molar-refractivity contribution is 7.99. The normalized spacial score (nSPS) is 16.4. The molecule has 4 nitrogen and oxygen atoms in total. The Balaban J connectivity index is 2.36. The number of primary amides is 1. The minimum Gasteiger partial charge on any atom is -0.398 e. The van der Waals surface area contributed by atoms with Crippen molar-refractivity contribution < 1.29 is 9.18 Å². The summed E-state index contributed by atoms with van der Waals surface area (Å²) in [5, 5.41) is 0. The van der Waals surface area contributed by atoms with Gasteiger partial charge in [-0.25, -0.2) is 4.39 Å². The van der Waals surface area contributed by atoms with Crippen molar-refractivity contribution >= 4 is 29.0 Å². The maximum absolute atomic E-state index is 13.9. The number of anilines is 2. The molecule has 6 heteroatoms. The second-order valence-electron chi connectivity index (χ2n) is 4.21. The maximum Gasteiger partial charge on any atom is 0.250 e. The molecule has 2 rings (SSSR count). The largest absolute Gasteiger partial charge is 0.398 e. The number of nitrogens with zero attached hydrogens (tertiary/aromatic N) is 1. The number of benzene rings is 1. The number of hydrogen-bond donors (Lipinski definition) is 2. The monoisotopic (exact) mass is 269 g/mol. The molecule has 1 fully saturated rings. The molecule has 98 valence electrons. The molecule has 1 aromatic rings. The van der Waals surface area contributed by atoms with Crippen LogP contribution in [0.4, 0.5) is 15.8 Å². The molecular formula is C12H16FN3OS. The molecule has 18 heavy (non-hydrogen) atoms. The minimum atomic E-state index is -0.627. The van der Waals surface area contributed by atoms with Crippen molar-refractivity contribution in [2.75, 3.05) is 35.2 Å². The van der Waals surface area contributed by atoms with Crippen LogP contribution in [0, 0.1) is 5.82 Å². The van der Waals surface area contributed by atoms with E-state index in [1.54, 1.807) is 0 Å². The van der Waals surface area contributed by atoms with Crippen LogP contribution in [0.25, 0.3) is 0 Å². The van der Waals surface area contributed by atoms with Crippen LogP contribution in [-0.4, -0.2) is 30.5 Å². The number of carbonyl (C=O) groups excluding carboxylic acids is 1. The van der Waals surface area contributed by atoms with Gasteiger partial charge < -0.3 is 16.4 Å². The molecule has 0 radical (unpaired) electrons. The van der Waals surface area contributed by atoms with Gasteiger partial charge in [-0.2, -0.15) is 11.8 Å². The van der Waals surface area contributed by atoms with Gasteiger partial charge in [-0.05, 0) is 24.3 Å². The van der Waals surface area contributed by atoms with Gasteiger partial charge >= 0.3 is 0 Å². The molecule has 1 aliphatic rings. The second kappa shape index (κ2) is 5.48. The third-order valence-electron chi connectivity index (χ3n) is 2.95. The van der Waals surface area contributed by atoms with Crippen molar-refractivity contribution in [2.24, 2.45) is 5.73 Å². The number of nitrogen functional groups attached to an aromatic ring is 1. The number of halogens is 1. The minimum absolute atomic E-state index is 0.0907. The summed E-state index contributed by atoms with van der Waals surface area (Å²) in [6.45, 7) is 1.55. The van der Waals surface area contributed by atoms with E-state index in [0.717, 1.165) is 31.0 Å². The van der Waals surface area contributed by atoms with Crippen molar-refractivity contribution in [3.63, 3.8) is 0 Å². The van der Waals surface area contributed by atoms with Gasteiger partial charge in [-0.3, -0.25) is 4.79 Å². The molecule has 0 atom stereocenters. The molecule has 4 N–H and O–H groups in total. The van der Waals surface area contributed by atoms with Gasteiger partial charge in [0, 0.05) is 24.5 Å². The Morgan fingerprint density at radius 1 is 1.33 bits per heavy atom. The van der Waals surface area contributed by atoms with E-state index < -0.39 is 11.7 Å². The molecule has 1 saturated heterocycles. The Kier molecular flexibility index (Phi) is 3.96. The van der Waals surface area contributed by atoms with Gasteiger partial charge in [-0.1, -0.05) is 0 Å². The fraction of sp³-hybridized carbons (Fsp3) is 0.417. The fourth-order valence-electron chi connectivity index (χ4n) is 2.02. The summed E-state index contributed by atoms with van der Waals surface area (Å²) in [6, 6.07) is 2.64. The van der Waals surface area contributed by atoms with Crippen LogP contribution in [0.2, 0.25) is 0 Å². The number of amides is 1. The molecule has 0 aromatic heterocycles. The van der Waals surface area contributed by atoms with E-state index >= 15 is 0 Å². The lowest BCUT2D eigenvalue weighted by Gasteiger charge is -2.23. The van der Waals surface area contributed by atoms with Crippen LogP contribution in [0.1, 0.15) is 16.8 Å². The summed E-state index contributed by atoms with van der Waals surface area (Å²) >= 11 is 1.85. The zero-order chi connectivity index (χ0) is 13.1. The van der Waals surface area contributed by atoms with E-state index in [2.05, 4.69) is 0 Å². The zero-order valence-corrected chi connectivity index (χ0v) is 10.8. The van der Waals surface area contributed by atoms with Gasteiger partial charge in [-0.15, -0.1) is 0 Å². The van der Waals surface area contributed by atoms with Crippen LogP contribution in [0.5, 0.6) is 0 Å². The van der Waals surface area contributed by atoms with Crippen molar-refractivity contribution in [3.8, 4) is 0 Å². The lowest BCUT2D eigenvalue weighted by atomic mass is 10.1. The first-order valence-corrected chi connectivity index (χ1v) is 6.96. The molecule has 0 saturated carbocycles. The third-order valence-corrected chi connectivity index (χ3v) is 4.00. The predicted molar refractivity (Wildman–Crippen MR) is 73.5 cm³/mol. The summed E-state index contributed by atoms with van der Waals surface area (Å²) in [5.74, 6) is 1.01. The summed E-state index contributed by atoms with van der Waals surface area (Å²) in [6.07, 6.45) is 1.00. The van der Waals surface area contributed by atoms with Gasteiger partial charge in [0.05, 0.1) is 11.3 Å².